The van der Waals surface area contributed by atoms with Gasteiger partial charge >= 0.3 is 0 Å². The summed E-state index contributed by atoms with van der Waals surface area (Å²) in [7, 11) is 0. The monoisotopic (exact) mass is 286 g/mol. The molecular formula is C16H34N2O2. The fraction of sp³-hybridized carbons (Fsp3) is 1.00. The highest BCUT2D eigenvalue weighted by Crippen LogP contribution is 2.19. The van der Waals surface area contributed by atoms with Gasteiger partial charge in [0.05, 0.1) is 12.7 Å². The first-order chi connectivity index (χ1) is 9.69. The van der Waals surface area contributed by atoms with Crippen LogP contribution < -0.4 is 5.32 Å². The summed E-state index contributed by atoms with van der Waals surface area (Å²) in [6, 6.07) is 0. The van der Waals surface area contributed by atoms with Gasteiger partial charge in [-0.25, -0.2) is 0 Å². The second-order valence-corrected chi connectivity index (χ2v) is 5.92. The van der Waals surface area contributed by atoms with Crippen LogP contribution >= 0.6 is 0 Å². The zero-order valence-corrected chi connectivity index (χ0v) is 13.7. The molecule has 1 rings (SSSR count). The molecule has 0 bridgehead atoms. The van der Waals surface area contributed by atoms with Gasteiger partial charge in [-0.1, -0.05) is 13.8 Å². The number of aliphatic hydroxyl groups excluding tert-OH is 1. The first-order valence-electron chi connectivity index (χ1n) is 8.39. The molecule has 1 aliphatic rings. The third kappa shape index (κ3) is 5.68. The number of likely N-dealkylation sites (N-methyl/N-ethyl adjacent to an activating group) is 1. The number of nitrogens with one attached hydrogen (secondary N) is 1. The van der Waals surface area contributed by atoms with Crippen LogP contribution in [0.4, 0.5) is 0 Å². The summed E-state index contributed by atoms with van der Waals surface area (Å²) in [6.07, 6.45) is 6.01. The fourth-order valence-electron chi connectivity index (χ4n) is 3.19. The fourth-order valence-corrected chi connectivity index (χ4v) is 3.19. The Hall–Kier alpha value is -0.160. The average molecular weight is 286 g/mol. The van der Waals surface area contributed by atoms with Crippen LogP contribution in [-0.2, 0) is 4.74 Å². The minimum Gasteiger partial charge on any atom is -0.394 e. The van der Waals surface area contributed by atoms with Gasteiger partial charge in [-0.2, -0.15) is 0 Å². The van der Waals surface area contributed by atoms with Gasteiger partial charge in [0.1, 0.15) is 0 Å². The summed E-state index contributed by atoms with van der Waals surface area (Å²) in [6.45, 7) is 11.8. The number of rotatable bonds is 10. The second kappa shape index (κ2) is 9.72. The van der Waals surface area contributed by atoms with E-state index >= 15 is 0 Å². The number of piperidine rings is 1. The van der Waals surface area contributed by atoms with Crippen molar-refractivity contribution < 1.29 is 9.84 Å². The third-order valence-corrected chi connectivity index (χ3v) is 4.60. The molecular weight excluding hydrogens is 252 g/mol. The van der Waals surface area contributed by atoms with E-state index in [1.807, 2.05) is 0 Å². The molecule has 0 spiro atoms. The minimum absolute atomic E-state index is 0.0710. The standard InChI is InChI=1S/C16H34N2O2/c1-4-16(14-19,17-5-2)10-7-11-18-12-8-15(9-13-18)20-6-3/h15,17,19H,4-14H2,1-3H3. The third-order valence-electron chi connectivity index (χ3n) is 4.60. The Kier molecular flexibility index (Phi) is 8.69. The molecule has 1 aliphatic heterocycles. The lowest BCUT2D eigenvalue weighted by Crippen LogP contribution is -2.48. The average Bonchev–Trinajstić information content (AvgIpc) is 2.48. The molecule has 0 aromatic heterocycles. The van der Waals surface area contributed by atoms with Crippen molar-refractivity contribution in [3.8, 4) is 0 Å². The zero-order valence-electron chi connectivity index (χ0n) is 13.7. The molecule has 1 atom stereocenters. The maximum atomic E-state index is 9.65. The van der Waals surface area contributed by atoms with Crippen molar-refractivity contribution in [3.63, 3.8) is 0 Å². The van der Waals surface area contributed by atoms with Crippen LogP contribution in [0.3, 0.4) is 0 Å². The highest BCUT2D eigenvalue weighted by Gasteiger charge is 2.26. The van der Waals surface area contributed by atoms with Gasteiger partial charge in [0, 0.05) is 25.2 Å². The Morgan fingerprint density at radius 2 is 1.95 bits per heavy atom. The predicted molar refractivity (Wildman–Crippen MR) is 84.1 cm³/mol. The Labute approximate surface area is 124 Å². The summed E-state index contributed by atoms with van der Waals surface area (Å²) in [4.78, 5) is 2.54. The van der Waals surface area contributed by atoms with E-state index in [4.69, 9.17) is 4.74 Å². The predicted octanol–water partition coefficient (Wildman–Crippen LogP) is 2.02. The lowest BCUT2D eigenvalue weighted by molar-refractivity contribution is 0.0132. The van der Waals surface area contributed by atoms with Crippen molar-refractivity contribution in [1.29, 1.82) is 0 Å². The van der Waals surface area contributed by atoms with Crippen LogP contribution in [0.25, 0.3) is 0 Å². The van der Waals surface area contributed by atoms with Crippen LogP contribution in [0.15, 0.2) is 0 Å². The molecule has 4 nitrogen and oxygen atoms in total. The smallest absolute Gasteiger partial charge is 0.0613 e. The second-order valence-electron chi connectivity index (χ2n) is 5.92. The zero-order chi connectivity index (χ0) is 14.8. The van der Waals surface area contributed by atoms with Crippen molar-refractivity contribution in [2.24, 2.45) is 0 Å². The first-order valence-corrected chi connectivity index (χ1v) is 8.39. The Morgan fingerprint density at radius 3 is 2.45 bits per heavy atom. The number of aliphatic hydroxyl groups is 1. The van der Waals surface area contributed by atoms with E-state index in [2.05, 4.69) is 31.0 Å². The van der Waals surface area contributed by atoms with Crippen molar-refractivity contribution in [1.82, 2.24) is 10.2 Å². The number of nitrogens with zero attached hydrogens (tertiary/aromatic N) is 1. The highest BCUT2D eigenvalue weighted by atomic mass is 16.5. The summed E-state index contributed by atoms with van der Waals surface area (Å²) in [5.74, 6) is 0. The summed E-state index contributed by atoms with van der Waals surface area (Å²) >= 11 is 0. The van der Waals surface area contributed by atoms with Gasteiger partial charge in [-0.15, -0.1) is 0 Å². The lowest BCUT2D eigenvalue weighted by atomic mass is 9.91. The SMILES string of the molecule is CCNC(CC)(CO)CCCN1CCC(OCC)CC1. The molecule has 0 aliphatic carbocycles. The van der Waals surface area contributed by atoms with Gasteiger partial charge in [0.25, 0.3) is 0 Å². The molecule has 1 unspecified atom stereocenters. The van der Waals surface area contributed by atoms with Crippen molar-refractivity contribution in [2.75, 3.05) is 39.4 Å². The molecule has 0 amide bonds. The van der Waals surface area contributed by atoms with Crippen LogP contribution in [-0.4, -0.2) is 61.0 Å². The molecule has 0 aromatic rings. The number of ether oxygens (including phenoxy) is 1. The molecule has 4 heteroatoms. The summed E-state index contributed by atoms with van der Waals surface area (Å²) in [5.41, 5.74) is -0.0710. The number of hydrogen-bond donors (Lipinski definition) is 2. The van der Waals surface area contributed by atoms with Gasteiger partial charge in [-0.05, 0) is 52.1 Å². The Balaban J connectivity index is 2.23. The molecule has 0 radical (unpaired) electrons. The van der Waals surface area contributed by atoms with Gasteiger partial charge in [-0.3, -0.25) is 0 Å². The van der Waals surface area contributed by atoms with E-state index in [1.54, 1.807) is 0 Å². The van der Waals surface area contributed by atoms with Crippen LogP contribution in [0.2, 0.25) is 0 Å². The first kappa shape index (κ1) is 17.9. The molecule has 1 fully saturated rings. The van der Waals surface area contributed by atoms with Gasteiger partial charge < -0.3 is 20.1 Å². The quantitative estimate of drug-likeness (QED) is 0.645. The van der Waals surface area contributed by atoms with E-state index in [-0.39, 0.29) is 12.1 Å². The summed E-state index contributed by atoms with van der Waals surface area (Å²) in [5, 5.41) is 13.1. The molecule has 20 heavy (non-hydrogen) atoms. The van der Waals surface area contributed by atoms with E-state index in [1.165, 1.54) is 12.8 Å². The molecule has 1 saturated heterocycles. The maximum absolute atomic E-state index is 9.65. The van der Waals surface area contributed by atoms with E-state index in [0.29, 0.717) is 6.10 Å². The molecule has 2 N–H and O–H groups in total. The van der Waals surface area contributed by atoms with Gasteiger partial charge in [0.2, 0.25) is 0 Å². The van der Waals surface area contributed by atoms with E-state index < -0.39 is 0 Å². The summed E-state index contributed by atoms with van der Waals surface area (Å²) < 4.78 is 5.69. The molecule has 120 valence electrons. The molecule has 1 heterocycles. The maximum Gasteiger partial charge on any atom is 0.0613 e. The van der Waals surface area contributed by atoms with Crippen LogP contribution in [0.5, 0.6) is 0 Å². The topological polar surface area (TPSA) is 44.7 Å². The number of hydrogen-bond acceptors (Lipinski definition) is 4. The van der Waals surface area contributed by atoms with E-state index in [9.17, 15) is 5.11 Å². The molecule has 0 aromatic carbocycles. The molecule has 0 saturated carbocycles. The van der Waals surface area contributed by atoms with Crippen molar-refractivity contribution in [2.45, 2.75) is 64.5 Å². The van der Waals surface area contributed by atoms with Crippen molar-refractivity contribution >= 4 is 0 Å². The number of likely N-dealkylation sites (tertiary alicyclic amines) is 1. The van der Waals surface area contributed by atoms with Crippen LogP contribution in [0, 0.1) is 0 Å². The van der Waals surface area contributed by atoms with E-state index in [0.717, 1.165) is 52.0 Å². The van der Waals surface area contributed by atoms with Crippen molar-refractivity contribution in [3.05, 3.63) is 0 Å². The Bertz CT molecular complexity index is 237. The minimum atomic E-state index is -0.0710. The van der Waals surface area contributed by atoms with Crippen LogP contribution in [0.1, 0.15) is 52.9 Å². The lowest BCUT2D eigenvalue weighted by Gasteiger charge is -2.35. The largest absolute Gasteiger partial charge is 0.394 e. The normalized spacial score (nSPS) is 21.0. The van der Waals surface area contributed by atoms with Gasteiger partial charge in [0.15, 0.2) is 0 Å². The highest BCUT2D eigenvalue weighted by molar-refractivity contribution is 4.86. The Morgan fingerprint density at radius 1 is 1.25 bits per heavy atom.